The van der Waals surface area contributed by atoms with Crippen LogP contribution < -0.4 is 19.6 Å². The Labute approximate surface area is 107 Å². The zero-order valence-corrected chi connectivity index (χ0v) is 9.78. The molecule has 2 heterocycles. The summed E-state index contributed by atoms with van der Waals surface area (Å²) in [6.45, 7) is 0.0741. The minimum Gasteiger partial charge on any atom is -0.484 e. The molecule has 0 unspecified atom stereocenters. The number of fused-ring (bicyclic) bond motifs is 1. The Morgan fingerprint density at radius 1 is 1.32 bits per heavy atom. The maximum atomic E-state index is 11.5. The molecule has 1 N–H and O–H groups in total. The van der Waals surface area contributed by atoms with Gasteiger partial charge in [-0.15, -0.1) is 10.2 Å². The first-order chi connectivity index (χ1) is 9.31. The van der Waals surface area contributed by atoms with Crippen molar-refractivity contribution in [3.05, 3.63) is 30.9 Å². The third kappa shape index (κ3) is 2.57. The SMILES string of the molecule is O=C(COc1ccc2c(c1)OCO2)Nn1cnnc1. The minimum absolute atomic E-state index is 0.127. The first-order valence-corrected chi connectivity index (χ1v) is 5.48. The Morgan fingerprint density at radius 2 is 2.11 bits per heavy atom. The van der Waals surface area contributed by atoms with Crippen molar-refractivity contribution in [3.8, 4) is 17.2 Å². The molecule has 1 aliphatic heterocycles. The van der Waals surface area contributed by atoms with E-state index in [9.17, 15) is 4.79 Å². The molecule has 3 rings (SSSR count). The molecule has 0 atom stereocenters. The second-order valence-corrected chi connectivity index (χ2v) is 3.71. The summed E-state index contributed by atoms with van der Waals surface area (Å²) in [7, 11) is 0. The lowest BCUT2D eigenvalue weighted by atomic mass is 10.3. The summed E-state index contributed by atoms with van der Waals surface area (Å²) in [5.74, 6) is 1.48. The third-order valence-electron chi connectivity index (χ3n) is 2.39. The highest BCUT2D eigenvalue weighted by Gasteiger charge is 2.14. The summed E-state index contributed by atoms with van der Waals surface area (Å²) < 4.78 is 17.1. The minimum atomic E-state index is -0.322. The summed E-state index contributed by atoms with van der Waals surface area (Å²) in [5, 5.41) is 7.12. The maximum Gasteiger partial charge on any atom is 0.276 e. The molecule has 0 fully saturated rings. The van der Waals surface area contributed by atoms with Crippen molar-refractivity contribution in [2.75, 3.05) is 18.8 Å². The van der Waals surface area contributed by atoms with Crippen molar-refractivity contribution in [3.63, 3.8) is 0 Å². The Kier molecular flexibility index (Phi) is 2.89. The highest BCUT2D eigenvalue weighted by molar-refractivity contribution is 5.85. The second kappa shape index (κ2) is 4.84. The zero-order valence-electron chi connectivity index (χ0n) is 9.78. The van der Waals surface area contributed by atoms with E-state index in [1.54, 1.807) is 18.2 Å². The van der Waals surface area contributed by atoms with Crippen molar-refractivity contribution in [1.29, 1.82) is 0 Å². The van der Waals surface area contributed by atoms with Crippen molar-refractivity contribution >= 4 is 5.91 Å². The smallest absolute Gasteiger partial charge is 0.276 e. The fourth-order valence-corrected chi connectivity index (χ4v) is 1.55. The van der Waals surface area contributed by atoms with E-state index >= 15 is 0 Å². The first-order valence-electron chi connectivity index (χ1n) is 5.48. The zero-order chi connectivity index (χ0) is 13.1. The lowest BCUT2D eigenvalue weighted by molar-refractivity contribution is -0.119. The van der Waals surface area contributed by atoms with E-state index in [0.717, 1.165) is 0 Å². The van der Waals surface area contributed by atoms with Crippen LogP contribution in [0.2, 0.25) is 0 Å². The van der Waals surface area contributed by atoms with Crippen LogP contribution in [0.15, 0.2) is 30.9 Å². The molecule has 2 aromatic rings. The number of carbonyl (C=O) groups is 1. The van der Waals surface area contributed by atoms with Gasteiger partial charge in [-0.05, 0) is 12.1 Å². The summed E-state index contributed by atoms with van der Waals surface area (Å²) in [6, 6.07) is 5.11. The molecule has 0 bridgehead atoms. The molecule has 1 aliphatic rings. The highest BCUT2D eigenvalue weighted by atomic mass is 16.7. The molecule has 0 saturated heterocycles. The Morgan fingerprint density at radius 3 is 2.95 bits per heavy atom. The number of nitrogens with one attached hydrogen (secondary N) is 1. The highest BCUT2D eigenvalue weighted by Crippen LogP contribution is 2.34. The van der Waals surface area contributed by atoms with Crippen LogP contribution >= 0.6 is 0 Å². The summed E-state index contributed by atoms with van der Waals surface area (Å²) in [6.07, 6.45) is 2.75. The number of benzene rings is 1. The number of rotatable bonds is 4. The number of hydrogen-bond acceptors (Lipinski definition) is 6. The van der Waals surface area contributed by atoms with Crippen LogP contribution in [0.3, 0.4) is 0 Å². The molecule has 0 spiro atoms. The topological polar surface area (TPSA) is 87.5 Å². The molecule has 1 amide bonds. The number of carbonyl (C=O) groups excluding carboxylic acids is 1. The van der Waals surface area contributed by atoms with Gasteiger partial charge >= 0.3 is 0 Å². The van der Waals surface area contributed by atoms with E-state index in [1.807, 2.05) is 0 Å². The normalized spacial score (nSPS) is 12.2. The maximum absolute atomic E-state index is 11.5. The van der Waals surface area contributed by atoms with Crippen molar-refractivity contribution in [2.24, 2.45) is 0 Å². The Hall–Kier alpha value is -2.77. The van der Waals surface area contributed by atoms with Gasteiger partial charge in [0.1, 0.15) is 18.4 Å². The number of nitrogens with zero attached hydrogens (tertiary/aromatic N) is 3. The predicted octanol–water partition coefficient (Wildman–Crippen LogP) is 0.156. The van der Waals surface area contributed by atoms with E-state index in [4.69, 9.17) is 14.2 Å². The van der Waals surface area contributed by atoms with Crippen LogP contribution in [-0.4, -0.2) is 34.2 Å². The predicted molar refractivity (Wildman–Crippen MR) is 62.4 cm³/mol. The van der Waals surface area contributed by atoms with Crippen LogP contribution in [0, 0.1) is 0 Å². The quantitative estimate of drug-likeness (QED) is 0.844. The van der Waals surface area contributed by atoms with E-state index < -0.39 is 0 Å². The van der Waals surface area contributed by atoms with Gasteiger partial charge in [0.25, 0.3) is 5.91 Å². The van der Waals surface area contributed by atoms with Crippen LogP contribution in [0.1, 0.15) is 0 Å². The molecular formula is C11H10N4O4. The summed E-state index contributed by atoms with van der Waals surface area (Å²) >= 11 is 0. The molecule has 19 heavy (non-hydrogen) atoms. The lowest BCUT2D eigenvalue weighted by Crippen LogP contribution is -2.26. The average Bonchev–Trinajstić information content (AvgIpc) is 3.06. The van der Waals surface area contributed by atoms with Gasteiger partial charge in [-0.3, -0.25) is 10.2 Å². The van der Waals surface area contributed by atoms with Gasteiger partial charge in [-0.1, -0.05) is 0 Å². The van der Waals surface area contributed by atoms with Gasteiger partial charge in [0.15, 0.2) is 18.1 Å². The van der Waals surface area contributed by atoms with Crippen LogP contribution in [0.4, 0.5) is 0 Å². The number of aromatic nitrogens is 3. The molecule has 0 saturated carbocycles. The lowest BCUT2D eigenvalue weighted by Gasteiger charge is -2.07. The molecule has 98 valence electrons. The molecule has 8 nitrogen and oxygen atoms in total. The number of ether oxygens (including phenoxy) is 3. The van der Waals surface area contributed by atoms with Crippen molar-refractivity contribution < 1.29 is 19.0 Å². The van der Waals surface area contributed by atoms with E-state index in [2.05, 4.69) is 15.6 Å². The molecule has 0 aliphatic carbocycles. The van der Waals surface area contributed by atoms with Gasteiger partial charge in [-0.2, -0.15) is 0 Å². The molecule has 8 heteroatoms. The first kappa shape index (κ1) is 11.3. The average molecular weight is 262 g/mol. The Balaban J connectivity index is 1.56. The number of amides is 1. The van der Waals surface area contributed by atoms with Gasteiger partial charge in [-0.25, -0.2) is 4.68 Å². The summed E-state index contributed by atoms with van der Waals surface area (Å²) in [4.78, 5) is 11.5. The van der Waals surface area contributed by atoms with Gasteiger partial charge < -0.3 is 14.2 Å². The third-order valence-corrected chi connectivity index (χ3v) is 2.39. The van der Waals surface area contributed by atoms with Crippen LogP contribution in [0.5, 0.6) is 17.2 Å². The largest absolute Gasteiger partial charge is 0.484 e. The van der Waals surface area contributed by atoms with Gasteiger partial charge in [0.05, 0.1) is 0 Å². The molecule has 1 aromatic heterocycles. The van der Waals surface area contributed by atoms with Gasteiger partial charge in [0, 0.05) is 6.07 Å². The second-order valence-electron chi connectivity index (χ2n) is 3.71. The van der Waals surface area contributed by atoms with Gasteiger partial charge in [0.2, 0.25) is 6.79 Å². The van der Waals surface area contributed by atoms with Crippen molar-refractivity contribution in [1.82, 2.24) is 14.9 Å². The van der Waals surface area contributed by atoms with E-state index in [0.29, 0.717) is 17.2 Å². The van der Waals surface area contributed by atoms with E-state index in [1.165, 1.54) is 17.3 Å². The molecule has 0 radical (unpaired) electrons. The van der Waals surface area contributed by atoms with Crippen molar-refractivity contribution in [2.45, 2.75) is 0 Å². The van der Waals surface area contributed by atoms with E-state index in [-0.39, 0.29) is 19.3 Å². The van der Waals surface area contributed by atoms with Crippen LogP contribution in [0.25, 0.3) is 0 Å². The van der Waals surface area contributed by atoms with Crippen LogP contribution in [-0.2, 0) is 4.79 Å². The number of hydrogen-bond donors (Lipinski definition) is 1. The monoisotopic (exact) mass is 262 g/mol. The fourth-order valence-electron chi connectivity index (χ4n) is 1.55. The fraction of sp³-hybridized carbons (Fsp3) is 0.182. The Bertz CT molecular complexity index is 584. The molecular weight excluding hydrogens is 252 g/mol. The standard InChI is InChI=1S/C11H10N4O4/c16-11(14-15-5-12-13-6-15)4-17-8-1-2-9-10(3-8)19-7-18-9/h1-3,5-6H,4,7H2,(H,14,16). The summed E-state index contributed by atoms with van der Waals surface area (Å²) in [5.41, 5.74) is 2.52. The molecule has 1 aromatic carbocycles.